The average Bonchev–Trinajstić information content (AvgIpc) is 2.17. The monoisotopic (exact) mass is 199 g/mol. The third-order valence-electron chi connectivity index (χ3n) is 2.27. The van der Waals surface area contributed by atoms with E-state index in [9.17, 15) is 8.78 Å². The maximum absolute atomic E-state index is 13.6. The molecule has 1 aromatic carbocycles. The summed E-state index contributed by atoms with van der Waals surface area (Å²) in [6.07, 6.45) is 0. The van der Waals surface area contributed by atoms with Crippen LogP contribution in [0.25, 0.3) is 0 Å². The first-order valence-electron chi connectivity index (χ1n) is 4.65. The number of nitrogens with two attached hydrogens (primary N) is 1. The Morgan fingerprint density at radius 2 is 2.00 bits per heavy atom. The molecule has 0 heterocycles. The van der Waals surface area contributed by atoms with E-state index in [0.717, 1.165) is 5.56 Å². The van der Waals surface area contributed by atoms with Gasteiger partial charge in [-0.2, -0.15) is 0 Å². The molecule has 1 aromatic rings. The maximum atomic E-state index is 13.6. The van der Waals surface area contributed by atoms with Crippen LogP contribution in [0.5, 0.6) is 0 Å². The third-order valence-corrected chi connectivity index (χ3v) is 2.27. The van der Waals surface area contributed by atoms with Crippen molar-refractivity contribution in [3.63, 3.8) is 0 Å². The van der Waals surface area contributed by atoms with Crippen LogP contribution in [0, 0.1) is 5.92 Å². The van der Waals surface area contributed by atoms with Crippen molar-refractivity contribution < 1.29 is 8.78 Å². The first-order valence-corrected chi connectivity index (χ1v) is 4.65. The SMILES string of the molecule is CC(C)C(F)(F)c1cccc(CN)c1. The molecule has 1 nitrogen and oxygen atoms in total. The molecule has 2 N–H and O–H groups in total. The zero-order valence-electron chi connectivity index (χ0n) is 8.43. The molecule has 0 radical (unpaired) electrons. The number of halogens is 2. The number of hydrogen-bond donors (Lipinski definition) is 1. The molecule has 0 saturated heterocycles. The van der Waals surface area contributed by atoms with Crippen molar-refractivity contribution in [1.82, 2.24) is 0 Å². The van der Waals surface area contributed by atoms with Crippen molar-refractivity contribution in [2.75, 3.05) is 0 Å². The molecule has 1 rings (SSSR count). The highest BCUT2D eigenvalue weighted by Crippen LogP contribution is 2.35. The fraction of sp³-hybridized carbons (Fsp3) is 0.455. The minimum Gasteiger partial charge on any atom is -0.326 e. The number of hydrogen-bond acceptors (Lipinski definition) is 1. The summed E-state index contributed by atoms with van der Waals surface area (Å²) in [6, 6.07) is 6.28. The Morgan fingerprint density at radius 1 is 1.36 bits per heavy atom. The van der Waals surface area contributed by atoms with Crippen molar-refractivity contribution >= 4 is 0 Å². The molecule has 78 valence electrons. The van der Waals surface area contributed by atoms with Crippen molar-refractivity contribution in [2.24, 2.45) is 11.7 Å². The molecule has 3 heteroatoms. The van der Waals surface area contributed by atoms with Gasteiger partial charge in [0.1, 0.15) is 0 Å². The molecule has 0 saturated carbocycles. The molecule has 0 spiro atoms. The van der Waals surface area contributed by atoms with Gasteiger partial charge in [-0.15, -0.1) is 0 Å². The van der Waals surface area contributed by atoms with E-state index in [-0.39, 0.29) is 5.56 Å². The van der Waals surface area contributed by atoms with E-state index in [1.807, 2.05) is 0 Å². The number of benzene rings is 1. The average molecular weight is 199 g/mol. The van der Waals surface area contributed by atoms with Gasteiger partial charge in [-0.1, -0.05) is 32.0 Å². The minimum atomic E-state index is -2.77. The molecule has 0 aliphatic rings. The molecule has 0 aliphatic heterocycles. The molecule has 0 atom stereocenters. The van der Waals surface area contributed by atoms with Gasteiger partial charge in [0.25, 0.3) is 5.92 Å². The third kappa shape index (κ3) is 2.10. The fourth-order valence-electron chi connectivity index (χ4n) is 1.24. The smallest absolute Gasteiger partial charge is 0.275 e. The lowest BCUT2D eigenvalue weighted by atomic mass is 9.96. The van der Waals surface area contributed by atoms with Crippen LogP contribution in [0.15, 0.2) is 24.3 Å². The van der Waals surface area contributed by atoms with Crippen molar-refractivity contribution in [3.05, 3.63) is 35.4 Å². The Kier molecular flexibility index (Phi) is 3.21. The molecule has 0 unspecified atom stereocenters. The van der Waals surface area contributed by atoms with Crippen LogP contribution < -0.4 is 5.73 Å². The maximum Gasteiger partial charge on any atom is 0.275 e. The van der Waals surface area contributed by atoms with Gasteiger partial charge >= 0.3 is 0 Å². The standard InChI is InChI=1S/C11H15F2N/c1-8(2)11(12,13)10-5-3-4-9(6-10)7-14/h3-6,8H,7,14H2,1-2H3. The van der Waals surface area contributed by atoms with Gasteiger partial charge in [-0.3, -0.25) is 0 Å². The molecular weight excluding hydrogens is 184 g/mol. The lowest BCUT2D eigenvalue weighted by Gasteiger charge is -2.21. The van der Waals surface area contributed by atoms with Gasteiger partial charge in [0.05, 0.1) is 0 Å². The summed E-state index contributed by atoms with van der Waals surface area (Å²) >= 11 is 0. The highest BCUT2D eigenvalue weighted by molar-refractivity contribution is 5.27. The summed E-state index contributed by atoms with van der Waals surface area (Å²) in [6.45, 7) is 3.31. The van der Waals surface area contributed by atoms with E-state index >= 15 is 0 Å². The molecule has 0 aliphatic carbocycles. The first kappa shape index (κ1) is 11.1. The summed E-state index contributed by atoms with van der Waals surface area (Å²) in [7, 11) is 0. The molecule has 0 amide bonds. The summed E-state index contributed by atoms with van der Waals surface area (Å²) in [5.74, 6) is -3.47. The van der Waals surface area contributed by atoms with Crippen molar-refractivity contribution in [2.45, 2.75) is 26.3 Å². The molecule has 14 heavy (non-hydrogen) atoms. The largest absolute Gasteiger partial charge is 0.326 e. The number of rotatable bonds is 3. The Bertz CT molecular complexity index is 308. The van der Waals surface area contributed by atoms with E-state index < -0.39 is 11.8 Å². The van der Waals surface area contributed by atoms with Crippen molar-refractivity contribution in [1.29, 1.82) is 0 Å². The molecule has 0 aromatic heterocycles. The fourth-order valence-corrected chi connectivity index (χ4v) is 1.24. The van der Waals surface area contributed by atoms with E-state index in [4.69, 9.17) is 5.73 Å². The van der Waals surface area contributed by atoms with Crippen LogP contribution in [0.1, 0.15) is 25.0 Å². The second kappa shape index (κ2) is 4.05. The Morgan fingerprint density at radius 3 is 2.50 bits per heavy atom. The van der Waals surface area contributed by atoms with Crippen LogP contribution in [-0.4, -0.2) is 0 Å². The van der Waals surface area contributed by atoms with Gasteiger partial charge in [-0.25, -0.2) is 8.78 Å². The minimum absolute atomic E-state index is 0.0513. The topological polar surface area (TPSA) is 26.0 Å². The molecule has 0 fully saturated rings. The van der Waals surface area contributed by atoms with E-state index in [2.05, 4.69) is 0 Å². The Hall–Kier alpha value is -0.960. The van der Waals surface area contributed by atoms with Gasteiger partial charge in [0, 0.05) is 18.0 Å². The van der Waals surface area contributed by atoms with Crippen LogP contribution in [0.2, 0.25) is 0 Å². The van der Waals surface area contributed by atoms with E-state index in [1.165, 1.54) is 26.0 Å². The zero-order chi connectivity index (χ0) is 10.8. The number of alkyl halides is 2. The predicted octanol–water partition coefficient (Wildman–Crippen LogP) is 2.89. The van der Waals surface area contributed by atoms with Gasteiger partial charge < -0.3 is 5.73 Å². The van der Waals surface area contributed by atoms with Crippen LogP contribution >= 0.6 is 0 Å². The first-order chi connectivity index (χ1) is 6.48. The van der Waals surface area contributed by atoms with Gasteiger partial charge in [0.15, 0.2) is 0 Å². The Labute approximate surface area is 82.9 Å². The summed E-state index contributed by atoms with van der Waals surface area (Å²) in [5, 5.41) is 0. The summed E-state index contributed by atoms with van der Waals surface area (Å²) in [5.41, 5.74) is 6.18. The van der Waals surface area contributed by atoms with E-state index in [1.54, 1.807) is 12.1 Å². The second-order valence-electron chi connectivity index (χ2n) is 3.68. The van der Waals surface area contributed by atoms with Gasteiger partial charge in [-0.05, 0) is 11.6 Å². The summed E-state index contributed by atoms with van der Waals surface area (Å²) in [4.78, 5) is 0. The van der Waals surface area contributed by atoms with Crippen LogP contribution in [-0.2, 0) is 12.5 Å². The zero-order valence-corrected chi connectivity index (χ0v) is 8.43. The predicted molar refractivity (Wildman–Crippen MR) is 53.1 cm³/mol. The highest BCUT2D eigenvalue weighted by atomic mass is 19.3. The second-order valence-corrected chi connectivity index (χ2v) is 3.68. The molecular formula is C11H15F2N. The van der Waals surface area contributed by atoms with Gasteiger partial charge in [0.2, 0.25) is 0 Å². The van der Waals surface area contributed by atoms with E-state index in [0.29, 0.717) is 6.54 Å². The van der Waals surface area contributed by atoms with Crippen LogP contribution in [0.3, 0.4) is 0 Å². The lowest BCUT2D eigenvalue weighted by molar-refractivity contribution is -0.0514. The Balaban J connectivity index is 3.06. The highest BCUT2D eigenvalue weighted by Gasteiger charge is 2.35. The van der Waals surface area contributed by atoms with Crippen molar-refractivity contribution in [3.8, 4) is 0 Å². The summed E-state index contributed by atoms with van der Waals surface area (Å²) < 4.78 is 27.1. The lowest BCUT2D eigenvalue weighted by Crippen LogP contribution is -2.21. The van der Waals surface area contributed by atoms with Crippen LogP contribution in [0.4, 0.5) is 8.78 Å². The quantitative estimate of drug-likeness (QED) is 0.795. The molecule has 0 bridgehead atoms. The normalized spacial score (nSPS) is 12.1.